The van der Waals surface area contributed by atoms with Crippen LogP contribution in [0.25, 0.3) is 0 Å². The first-order chi connectivity index (χ1) is 5.35. The van der Waals surface area contributed by atoms with Crippen LogP contribution in [0.3, 0.4) is 0 Å². The minimum absolute atomic E-state index is 0.0111. The number of allylic oxidation sites excluding steroid dienone is 1. The summed E-state index contributed by atoms with van der Waals surface area (Å²) in [6.07, 6.45) is 1.89. The van der Waals surface area contributed by atoms with E-state index in [1.165, 1.54) is 0 Å². The maximum atomic E-state index is 5.33. The van der Waals surface area contributed by atoms with E-state index in [1.807, 2.05) is 19.9 Å². The minimum Gasteiger partial charge on any atom is -0.357 e. The molecular formula is C8H16O2Si. The van der Waals surface area contributed by atoms with E-state index in [1.54, 1.807) is 0 Å². The fourth-order valence-corrected chi connectivity index (χ4v) is 1.58. The van der Waals surface area contributed by atoms with Crippen LogP contribution in [-0.4, -0.2) is 28.6 Å². The molecule has 0 N–H and O–H groups in total. The van der Waals surface area contributed by atoms with Crippen molar-refractivity contribution >= 4 is 9.52 Å². The van der Waals surface area contributed by atoms with Crippen LogP contribution in [0.1, 0.15) is 13.8 Å². The minimum atomic E-state index is -0.0111. The Labute approximate surface area is 71.4 Å². The molecule has 0 aliphatic carbocycles. The Bertz CT molecular complexity index is 90.1. The molecule has 3 heteroatoms. The fraction of sp³-hybridized carbons (Fsp3) is 0.750. The highest BCUT2D eigenvalue weighted by Gasteiger charge is 2.06. The fourth-order valence-electron chi connectivity index (χ4n) is 0.648. The van der Waals surface area contributed by atoms with Crippen molar-refractivity contribution in [1.82, 2.24) is 0 Å². The summed E-state index contributed by atoms with van der Waals surface area (Å²) in [5, 5.41) is 0. The molecule has 0 fully saturated rings. The number of rotatable bonds is 7. The van der Waals surface area contributed by atoms with Gasteiger partial charge in [0.15, 0.2) is 0 Å². The number of ether oxygens (including phenoxy) is 2. The third-order valence-electron chi connectivity index (χ3n) is 1.06. The first-order valence-electron chi connectivity index (χ1n) is 3.92. The second-order valence-electron chi connectivity index (χ2n) is 1.94. The van der Waals surface area contributed by atoms with Gasteiger partial charge in [0.05, 0.1) is 0 Å². The van der Waals surface area contributed by atoms with Crippen molar-refractivity contribution in [1.29, 1.82) is 0 Å². The van der Waals surface area contributed by atoms with Gasteiger partial charge in [0, 0.05) is 13.2 Å². The molecule has 0 aromatic rings. The predicted molar refractivity (Wildman–Crippen MR) is 47.8 cm³/mol. The molecule has 0 unspecified atom stereocenters. The maximum Gasteiger partial charge on any atom is 0.137 e. The van der Waals surface area contributed by atoms with Crippen LogP contribution in [0, 0.1) is 0 Å². The topological polar surface area (TPSA) is 18.5 Å². The molecular weight excluding hydrogens is 156 g/mol. The number of hydrogen-bond acceptors (Lipinski definition) is 2. The van der Waals surface area contributed by atoms with Gasteiger partial charge in [-0.05, 0) is 19.9 Å². The maximum absolute atomic E-state index is 5.33. The van der Waals surface area contributed by atoms with Crippen LogP contribution in [0.2, 0.25) is 6.04 Å². The molecule has 0 saturated heterocycles. The summed E-state index contributed by atoms with van der Waals surface area (Å²) in [5.41, 5.74) is 0. The molecule has 0 spiro atoms. The Morgan fingerprint density at radius 1 is 1.36 bits per heavy atom. The first-order valence-corrected chi connectivity index (χ1v) is 5.21. The van der Waals surface area contributed by atoms with Gasteiger partial charge in [-0.1, -0.05) is 6.08 Å². The van der Waals surface area contributed by atoms with Crippen LogP contribution in [0.15, 0.2) is 12.7 Å². The molecule has 0 amide bonds. The SMILES string of the molecule is C=CC[Si]C(OCC)OCC. The van der Waals surface area contributed by atoms with Crippen molar-refractivity contribution in [2.24, 2.45) is 0 Å². The monoisotopic (exact) mass is 172 g/mol. The lowest BCUT2D eigenvalue weighted by Gasteiger charge is -2.14. The van der Waals surface area contributed by atoms with E-state index < -0.39 is 0 Å². The molecule has 0 heterocycles. The predicted octanol–water partition coefficient (Wildman–Crippen LogP) is 1.65. The molecule has 0 atom stereocenters. The molecule has 11 heavy (non-hydrogen) atoms. The lowest BCUT2D eigenvalue weighted by molar-refractivity contribution is -0.0825. The summed E-state index contributed by atoms with van der Waals surface area (Å²) >= 11 is 0. The van der Waals surface area contributed by atoms with Gasteiger partial charge in [-0.25, -0.2) is 0 Å². The van der Waals surface area contributed by atoms with Crippen molar-refractivity contribution in [2.45, 2.75) is 25.8 Å². The van der Waals surface area contributed by atoms with E-state index in [9.17, 15) is 0 Å². The average Bonchev–Trinajstić information content (AvgIpc) is 2.01. The average molecular weight is 172 g/mol. The Balaban J connectivity index is 3.41. The van der Waals surface area contributed by atoms with Gasteiger partial charge >= 0.3 is 0 Å². The quantitative estimate of drug-likeness (QED) is 0.330. The zero-order valence-corrected chi connectivity index (χ0v) is 8.30. The van der Waals surface area contributed by atoms with Crippen LogP contribution < -0.4 is 0 Å². The second kappa shape index (κ2) is 7.98. The Kier molecular flexibility index (Phi) is 7.89. The lowest BCUT2D eigenvalue weighted by Crippen LogP contribution is -2.24. The molecule has 64 valence electrons. The van der Waals surface area contributed by atoms with Crippen molar-refractivity contribution in [3.63, 3.8) is 0 Å². The van der Waals surface area contributed by atoms with E-state index in [2.05, 4.69) is 6.58 Å². The first kappa shape index (κ1) is 10.9. The van der Waals surface area contributed by atoms with Gasteiger partial charge in [0.1, 0.15) is 15.4 Å². The van der Waals surface area contributed by atoms with Gasteiger partial charge in [-0.15, -0.1) is 6.58 Å². The highest BCUT2D eigenvalue weighted by Crippen LogP contribution is 1.95. The number of hydrogen-bond donors (Lipinski definition) is 0. The van der Waals surface area contributed by atoms with Crippen molar-refractivity contribution in [3.8, 4) is 0 Å². The third kappa shape index (κ3) is 6.28. The lowest BCUT2D eigenvalue weighted by atomic mass is 10.8. The normalized spacial score (nSPS) is 10.5. The smallest absolute Gasteiger partial charge is 0.137 e. The zero-order chi connectivity index (χ0) is 8.53. The molecule has 0 bridgehead atoms. The summed E-state index contributed by atoms with van der Waals surface area (Å²) in [6, 6.07) is 0.977. The molecule has 0 aliphatic heterocycles. The molecule has 0 rings (SSSR count). The molecule has 0 saturated carbocycles. The largest absolute Gasteiger partial charge is 0.357 e. The summed E-state index contributed by atoms with van der Waals surface area (Å²) in [7, 11) is 0.674. The molecule has 2 radical (unpaired) electrons. The van der Waals surface area contributed by atoms with Gasteiger partial charge in [-0.2, -0.15) is 0 Å². The summed E-state index contributed by atoms with van der Waals surface area (Å²) in [6.45, 7) is 9.04. The van der Waals surface area contributed by atoms with Gasteiger partial charge < -0.3 is 9.47 Å². The Morgan fingerprint density at radius 3 is 2.27 bits per heavy atom. The van der Waals surface area contributed by atoms with Gasteiger partial charge in [0.25, 0.3) is 0 Å². The molecule has 0 aliphatic rings. The van der Waals surface area contributed by atoms with Crippen molar-refractivity contribution in [2.75, 3.05) is 13.2 Å². The van der Waals surface area contributed by atoms with Crippen molar-refractivity contribution in [3.05, 3.63) is 12.7 Å². The van der Waals surface area contributed by atoms with E-state index in [4.69, 9.17) is 9.47 Å². The van der Waals surface area contributed by atoms with Gasteiger partial charge in [0.2, 0.25) is 0 Å². The standard InChI is InChI=1S/C8H16O2Si/c1-4-7-11-8(9-5-2)10-6-3/h4,8H,1,5-7H2,2-3H3. The molecule has 0 aromatic heterocycles. The van der Waals surface area contributed by atoms with E-state index in [0.717, 1.165) is 19.3 Å². The highest BCUT2D eigenvalue weighted by molar-refractivity contribution is 6.37. The second-order valence-corrected chi connectivity index (χ2v) is 3.23. The Morgan fingerprint density at radius 2 is 1.91 bits per heavy atom. The molecule has 2 nitrogen and oxygen atoms in total. The summed E-state index contributed by atoms with van der Waals surface area (Å²) in [5.74, 6) is -0.0111. The van der Waals surface area contributed by atoms with E-state index in [0.29, 0.717) is 9.52 Å². The summed E-state index contributed by atoms with van der Waals surface area (Å²) < 4.78 is 10.7. The van der Waals surface area contributed by atoms with Crippen LogP contribution in [-0.2, 0) is 9.47 Å². The Hall–Kier alpha value is -0.123. The van der Waals surface area contributed by atoms with Crippen LogP contribution >= 0.6 is 0 Å². The summed E-state index contributed by atoms with van der Waals surface area (Å²) in [4.78, 5) is 0. The van der Waals surface area contributed by atoms with Crippen LogP contribution in [0.4, 0.5) is 0 Å². The van der Waals surface area contributed by atoms with E-state index in [-0.39, 0.29) is 5.91 Å². The highest BCUT2D eigenvalue weighted by atomic mass is 28.2. The third-order valence-corrected chi connectivity index (χ3v) is 2.26. The molecule has 0 aromatic carbocycles. The van der Waals surface area contributed by atoms with Gasteiger partial charge in [-0.3, -0.25) is 0 Å². The van der Waals surface area contributed by atoms with Crippen LogP contribution in [0.5, 0.6) is 0 Å². The zero-order valence-electron chi connectivity index (χ0n) is 7.30. The van der Waals surface area contributed by atoms with E-state index >= 15 is 0 Å². The van der Waals surface area contributed by atoms with Crippen molar-refractivity contribution < 1.29 is 9.47 Å².